The summed E-state index contributed by atoms with van der Waals surface area (Å²) in [6.07, 6.45) is 1.51. The van der Waals surface area contributed by atoms with E-state index < -0.39 is 0 Å². The molecule has 0 saturated carbocycles. The zero-order valence-electron chi connectivity index (χ0n) is 8.38. The molecule has 6 heteroatoms. The van der Waals surface area contributed by atoms with Gasteiger partial charge in [-0.15, -0.1) is 0 Å². The molecule has 0 N–H and O–H groups in total. The van der Waals surface area contributed by atoms with Crippen molar-refractivity contribution in [3.8, 4) is 6.07 Å². The number of halogens is 1. The van der Waals surface area contributed by atoms with E-state index in [-0.39, 0.29) is 0 Å². The molecule has 16 heavy (non-hydrogen) atoms. The lowest BCUT2D eigenvalue weighted by atomic mass is 10.2. The van der Waals surface area contributed by atoms with Gasteiger partial charge in [0.1, 0.15) is 12.4 Å². The Labute approximate surface area is 105 Å². The Morgan fingerprint density at radius 3 is 2.88 bits per heavy atom. The van der Waals surface area contributed by atoms with E-state index >= 15 is 0 Å². The van der Waals surface area contributed by atoms with Crippen molar-refractivity contribution < 1.29 is 0 Å². The van der Waals surface area contributed by atoms with Crippen molar-refractivity contribution in [3.05, 3.63) is 34.6 Å². The molecule has 0 amide bonds. The van der Waals surface area contributed by atoms with Crippen LogP contribution < -0.4 is 0 Å². The number of rotatable bonds is 2. The summed E-state index contributed by atoms with van der Waals surface area (Å²) >= 11 is 4.86. The van der Waals surface area contributed by atoms with Crippen LogP contribution in [0.5, 0.6) is 0 Å². The predicted molar refractivity (Wildman–Crippen MR) is 64.0 cm³/mol. The van der Waals surface area contributed by atoms with Crippen LogP contribution in [-0.4, -0.2) is 14.8 Å². The fourth-order valence-corrected chi connectivity index (χ4v) is 2.56. The summed E-state index contributed by atoms with van der Waals surface area (Å²) < 4.78 is 2.50. The van der Waals surface area contributed by atoms with Crippen molar-refractivity contribution in [3.63, 3.8) is 0 Å². The summed E-state index contributed by atoms with van der Waals surface area (Å²) in [4.78, 5) is 5.13. The number of aromatic nitrogens is 3. The minimum Gasteiger partial charge on any atom is -0.244 e. The maximum Gasteiger partial charge on any atom is 0.190 e. The van der Waals surface area contributed by atoms with Crippen LogP contribution in [0.15, 0.2) is 39.1 Å². The van der Waals surface area contributed by atoms with Crippen LogP contribution in [0.1, 0.15) is 5.56 Å². The predicted octanol–water partition coefficient (Wildman–Crippen LogP) is 2.60. The highest BCUT2D eigenvalue weighted by molar-refractivity contribution is 9.10. The van der Waals surface area contributed by atoms with Gasteiger partial charge in [0.05, 0.1) is 5.56 Å². The smallest absolute Gasteiger partial charge is 0.190 e. The van der Waals surface area contributed by atoms with Gasteiger partial charge in [-0.2, -0.15) is 10.4 Å². The maximum atomic E-state index is 8.80. The Morgan fingerprint density at radius 2 is 2.31 bits per heavy atom. The monoisotopic (exact) mass is 294 g/mol. The third-order valence-corrected chi connectivity index (χ3v) is 3.64. The van der Waals surface area contributed by atoms with Crippen LogP contribution in [0.3, 0.4) is 0 Å². The topological polar surface area (TPSA) is 54.5 Å². The average molecular weight is 295 g/mol. The van der Waals surface area contributed by atoms with Gasteiger partial charge in [-0.1, -0.05) is 11.8 Å². The molecule has 0 fully saturated rings. The molecule has 0 spiro atoms. The standard InChI is InChI=1S/C10H7BrN4S/c1-15-10(13-6-14-15)16-8-3-2-7(5-12)9(11)4-8/h2-4,6H,1H3. The summed E-state index contributed by atoms with van der Waals surface area (Å²) in [6, 6.07) is 7.68. The number of aryl methyl sites for hydroxylation is 1. The second-order valence-electron chi connectivity index (χ2n) is 3.02. The van der Waals surface area contributed by atoms with Crippen molar-refractivity contribution in [1.82, 2.24) is 14.8 Å². The maximum absolute atomic E-state index is 8.80. The van der Waals surface area contributed by atoms with E-state index in [4.69, 9.17) is 5.26 Å². The molecule has 0 saturated heterocycles. The van der Waals surface area contributed by atoms with Gasteiger partial charge in [-0.05, 0) is 34.1 Å². The highest BCUT2D eigenvalue weighted by Gasteiger charge is 2.05. The molecule has 1 aromatic heterocycles. The summed E-state index contributed by atoms with van der Waals surface area (Å²) in [5.74, 6) is 0. The van der Waals surface area contributed by atoms with E-state index in [0.29, 0.717) is 5.56 Å². The third-order valence-electron chi connectivity index (χ3n) is 1.94. The van der Waals surface area contributed by atoms with E-state index in [2.05, 4.69) is 32.1 Å². The number of nitrogens with zero attached hydrogens (tertiary/aromatic N) is 4. The fourth-order valence-electron chi connectivity index (χ4n) is 1.13. The van der Waals surface area contributed by atoms with E-state index in [1.165, 1.54) is 18.1 Å². The zero-order chi connectivity index (χ0) is 11.5. The molecule has 1 aromatic carbocycles. The zero-order valence-corrected chi connectivity index (χ0v) is 10.8. The largest absolute Gasteiger partial charge is 0.244 e. The second-order valence-corrected chi connectivity index (χ2v) is 4.92. The lowest BCUT2D eigenvalue weighted by molar-refractivity contribution is 0.685. The Kier molecular flexibility index (Phi) is 3.27. The molecular formula is C10H7BrN4S. The Bertz CT molecular complexity index is 558. The second kappa shape index (κ2) is 4.68. The van der Waals surface area contributed by atoms with E-state index in [0.717, 1.165) is 14.5 Å². The van der Waals surface area contributed by atoms with Gasteiger partial charge in [0.15, 0.2) is 5.16 Å². The molecule has 0 aliphatic carbocycles. The van der Waals surface area contributed by atoms with Crippen LogP contribution in [0.4, 0.5) is 0 Å². The number of hydrogen-bond donors (Lipinski definition) is 0. The summed E-state index contributed by atoms with van der Waals surface area (Å²) in [5.41, 5.74) is 0.627. The minimum atomic E-state index is 0.627. The average Bonchev–Trinajstić information content (AvgIpc) is 2.65. The molecule has 2 rings (SSSR count). The normalized spacial score (nSPS) is 10.1. The molecule has 0 bridgehead atoms. The van der Waals surface area contributed by atoms with Gasteiger partial charge in [-0.3, -0.25) is 0 Å². The van der Waals surface area contributed by atoms with Crippen molar-refractivity contribution in [2.45, 2.75) is 10.1 Å². The Morgan fingerprint density at radius 1 is 1.50 bits per heavy atom. The first-order valence-corrected chi connectivity index (χ1v) is 6.03. The van der Waals surface area contributed by atoms with Crippen molar-refractivity contribution in [1.29, 1.82) is 5.26 Å². The molecule has 0 aliphatic rings. The lowest BCUT2D eigenvalue weighted by Crippen LogP contribution is -1.92. The van der Waals surface area contributed by atoms with Crippen LogP contribution in [-0.2, 0) is 7.05 Å². The van der Waals surface area contributed by atoms with Crippen LogP contribution in [0.2, 0.25) is 0 Å². The molecule has 80 valence electrons. The van der Waals surface area contributed by atoms with E-state index in [9.17, 15) is 0 Å². The summed E-state index contributed by atoms with van der Waals surface area (Å²) in [5, 5.41) is 13.6. The highest BCUT2D eigenvalue weighted by Crippen LogP contribution is 2.29. The number of nitriles is 1. The van der Waals surface area contributed by atoms with Crippen molar-refractivity contribution in [2.75, 3.05) is 0 Å². The molecular weight excluding hydrogens is 288 g/mol. The third kappa shape index (κ3) is 2.26. The molecule has 0 unspecified atom stereocenters. The molecule has 0 radical (unpaired) electrons. The van der Waals surface area contributed by atoms with Crippen LogP contribution in [0.25, 0.3) is 0 Å². The van der Waals surface area contributed by atoms with Crippen LogP contribution in [0, 0.1) is 11.3 Å². The van der Waals surface area contributed by atoms with Crippen molar-refractivity contribution in [2.24, 2.45) is 7.05 Å². The Balaban J connectivity index is 2.27. The first-order valence-electron chi connectivity index (χ1n) is 4.42. The quantitative estimate of drug-likeness (QED) is 0.854. The minimum absolute atomic E-state index is 0.627. The molecule has 2 aromatic rings. The Hall–Kier alpha value is -1.32. The highest BCUT2D eigenvalue weighted by atomic mass is 79.9. The summed E-state index contributed by atoms with van der Waals surface area (Å²) in [7, 11) is 1.84. The first kappa shape index (κ1) is 11.2. The SMILES string of the molecule is Cn1ncnc1Sc1ccc(C#N)c(Br)c1. The van der Waals surface area contributed by atoms with Gasteiger partial charge in [0.25, 0.3) is 0 Å². The molecule has 0 aliphatic heterocycles. The van der Waals surface area contributed by atoms with Gasteiger partial charge in [-0.25, -0.2) is 9.67 Å². The van der Waals surface area contributed by atoms with Gasteiger partial charge >= 0.3 is 0 Å². The first-order chi connectivity index (χ1) is 7.70. The molecule has 4 nitrogen and oxygen atoms in total. The number of hydrogen-bond acceptors (Lipinski definition) is 4. The van der Waals surface area contributed by atoms with Crippen LogP contribution >= 0.6 is 27.7 Å². The fraction of sp³-hybridized carbons (Fsp3) is 0.100. The van der Waals surface area contributed by atoms with Gasteiger partial charge in [0, 0.05) is 16.4 Å². The molecule has 1 heterocycles. The van der Waals surface area contributed by atoms with E-state index in [1.54, 1.807) is 10.7 Å². The van der Waals surface area contributed by atoms with Crippen molar-refractivity contribution >= 4 is 27.7 Å². The van der Waals surface area contributed by atoms with E-state index in [1.807, 2.05) is 19.2 Å². The lowest BCUT2D eigenvalue weighted by Gasteiger charge is -2.01. The number of benzene rings is 1. The molecule has 0 atom stereocenters. The van der Waals surface area contributed by atoms with Gasteiger partial charge < -0.3 is 0 Å². The van der Waals surface area contributed by atoms with Gasteiger partial charge in [0.2, 0.25) is 0 Å². The summed E-state index contributed by atoms with van der Waals surface area (Å²) in [6.45, 7) is 0.